The van der Waals surface area contributed by atoms with Crippen LogP contribution in [0, 0.1) is 24.4 Å². The number of carbonyl (C=O) groups is 2. The molecule has 144 valence electrons. The fraction of sp³-hybridized carbons (Fsp3) is 0.263. The number of hydrogen-bond acceptors (Lipinski definition) is 4. The van der Waals surface area contributed by atoms with Crippen molar-refractivity contribution in [2.24, 2.45) is 0 Å². The van der Waals surface area contributed by atoms with Gasteiger partial charge in [0, 0.05) is 0 Å². The van der Waals surface area contributed by atoms with Crippen LogP contribution in [0.5, 0.6) is 5.75 Å². The molecular formula is C19H18F3NO4. The maximum absolute atomic E-state index is 13.6. The average molecular weight is 381 g/mol. The second-order valence-corrected chi connectivity index (χ2v) is 5.71. The zero-order valence-corrected chi connectivity index (χ0v) is 14.7. The Morgan fingerprint density at radius 2 is 1.78 bits per heavy atom. The van der Waals surface area contributed by atoms with Gasteiger partial charge in [-0.05, 0) is 37.6 Å². The molecule has 0 bridgehead atoms. The van der Waals surface area contributed by atoms with Crippen LogP contribution in [0.25, 0.3) is 0 Å². The molecule has 1 unspecified atom stereocenters. The number of para-hydroxylation sites is 1. The van der Waals surface area contributed by atoms with Crippen molar-refractivity contribution in [1.82, 2.24) is 0 Å². The van der Waals surface area contributed by atoms with Gasteiger partial charge in [0.25, 0.3) is 5.91 Å². The van der Waals surface area contributed by atoms with Crippen LogP contribution in [0.1, 0.15) is 18.9 Å². The number of ether oxygens (including phenoxy) is 2. The number of nitrogens with one attached hydrogen (secondary N) is 1. The zero-order valence-electron chi connectivity index (χ0n) is 14.7. The molecule has 0 aliphatic rings. The third kappa shape index (κ3) is 5.47. The van der Waals surface area contributed by atoms with Gasteiger partial charge >= 0.3 is 5.97 Å². The second kappa shape index (κ2) is 9.07. The molecule has 0 spiro atoms. The maximum Gasteiger partial charge on any atom is 0.310 e. The highest BCUT2D eigenvalue weighted by molar-refractivity contribution is 5.95. The van der Waals surface area contributed by atoms with Crippen molar-refractivity contribution in [3.63, 3.8) is 0 Å². The summed E-state index contributed by atoms with van der Waals surface area (Å²) in [5.74, 6) is -5.56. The minimum atomic E-state index is -1.70. The van der Waals surface area contributed by atoms with Crippen LogP contribution in [-0.2, 0) is 14.3 Å². The van der Waals surface area contributed by atoms with Gasteiger partial charge in [-0.3, -0.25) is 9.59 Å². The molecule has 0 heterocycles. The molecule has 0 aromatic heterocycles. The van der Waals surface area contributed by atoms with Gasteiger partial charge in [0.1, 0.15) is 5.75 Å². The highest BCUT2D eigenvalue weighted by atomic mass is 19.2. The SMILES string of the molecule is Cc1ccccc1OCCC(=O)OC(C)C(=O)Nc1ccc(F)c(F)c1F. The van der Waals surface area contributed by atoms with Crippen molar-refractivity contribution in [1.29, 1.82) is 0 Å². The number of halogens is 3. The number of carbonyl (C=O) groups excluding carboxylic acids is 2. The summed E-state index contributed by atoms with van der Waals surface area (Å²) in [5, 5.41) is 2.04. The smallest absolute Gasteiger partial charge is 0.310 e. The molecule has 2 rings (SSSR count). The molecule has 0 fully saturated rings. The van der Waals surface area contributed by atoms with E-state index in [1.807, 2.05) is 24.4 Å². The lowest BCUT2D eigenvalue weighted by molar-refractivity contribution is -0.153. The number of rotatable bonds is 7. The summed E-state index contributed by atoms with van der Waals surface area (Å²) in [6.07, 6.45) is -1.37. The third-order valence-electron chi connectivity index (χ3n) is 3.63. The molecule has 1 N–H and O–H groups in total. The van der Waals surface area contributed by atoms with E-state index in [-0.39, 0.29) is 13.0 Å². The van der Waals surface area contributed by atoms with E-state index >= 15 is 0 Å². The minimum Gasteiger partial charge on any atom is -0.493 e. The second-order valence-electron chi connectivity index (χ2n) is 5.71. The summed E-state index contributed by atoms with van der Waals surface area (Å²) in [4.78, 5) is 23.7. The molecule has 1 atom stereocenters. The lowest BCUT2D eigenvalue weighted by Crippen LogP contribution is -2.30. The number of esters is 1. The predicted molar refractivity (Wildman–Crippen MR) is 91.8 cm³/mol. The zero-order chi connectivity index (χ0) is 20.0. The van der Waals surface area contributed by atoms with Crippen LogP contribution >= 0.6 is 0 Å². The first kappa shape index (κ1) is 20.3. The monoisotopic (exact) mass is 381 g/mol. The van der Waals surface area contributed by atoms with Crippen molar-refractivity contribution >= 4 is 17.6 Å². The van der Waals surface area contributed by atoms with E-state index < -0.39 is 41.1 Å². The summed E-state index contributed by atoms with van der Waals surface area (Å²) >= 11 is 0. The summed E-state index contributed by atoms with van der Waals surface area (Å²) in [6, 6.07) is 8.81. The first-order chi connectivity index (χ1) is 12.8. The maximum atomic E-state index is 13.6. The molecule has 2 aromatic carbocycles. The Balaban J connectivity index is 1.82. The molecule has 0 saturated heterocycles. The summed E-state index contributed by atoms with van der Waals surface area (Å²) in [6.45, 7) is 3.18. The number of anilines is 1. The van der Waals surface area contributed by atoms with Crippen molar-refractivity contribution in [2.45, 2.75) is 26.4 Å². The average Bonchev–Trinajstić information content (AvgIpc) is 2.63. The number of aryl methyl sites for hydroxylation is 1. The Hall–Kier alpha value is -3.03. The molecule has 8 heteroatoms. The Morgan fingerprint density at radius 1 is 1.07 bits per heavy atom. The fourth-order valence-corrected chi connectivity index (χ4v) is 2.13. The minimum absolute atomic E-state index is 0.0514. The van der Waals surface area contributed by atoms with Crippen LogP contribution in [0.3, 0.4) is 0 Å². The van der Waals surface area contributed by atoms with E-state index in [0.29, 0.717) is 11.8 Å². The Kier molecular flexibility index (Phi) is 6.81. The van der Waals surface area contributed by atoms with Crippen molar-refractivity contribution in [3.8, 4) is 5.75 Å². The molecule has 0 saturated carbocycles. The van der Waals surface area contributed by atoms with Crippen LogP contribution in [0.4, 0.5) is 18.9 Å². The molecule has 0 aliphatic heterocycles. The lowest BCUT2D eigenvalue weighted by Gasteiger charge is -2.14. The summed E-state index contributed by atoms with van der Waals surface area (Å²) in [5.41, 5.74) is 0.358. The van der Waals surface area contributed by atoms with Gasteiger partial charge in [0.15, 0.2) is 23.6 Å². The van der Waals surface area contributed by atoms with Crippen molar-refractivity contribution < 1.29 is 32.2 Å². The Labute approximate surface area is 154 Å². The first-order valence-electron chi connectivity index (χ1n) is 8.12. The lowest BCUT2D eigenvalue weighted by atomic mass is 10.2. The molecule has 5 nitrogen and oxygen atoms in total. The predicted octanol–water partition coefficient (Wildman–Crippen LogP) is 3.75. The summed E-state index contributed by atoms with van der Waals surface area (Å²) < 4.78 is 50.0. The van der Waals surface area contributed by atoms with Gasteiger partial charge in [-0.1, -0.05) is 18.2 Å². The number of hydrogen-bond donors (Lipinski definition) is 1. The Morgan fingerprint density at radius 3 is 2.48 bits per heavy atom. The third-order valence-corrected chi connectivity index (χ3v) is 3.63. The van der Waals surface area contributed by atoms with Gasteiger partial charge in [0.2, 0.25) is 0 Å². The van der Waals surface area contributed by atoms with Gasteiger partial charge in [0.05, 0.1) is 18.7 Å². The highest BCUT2D eigenvalue weighted by Crippen LogP contribution is 2.20. The van der Waals surface area contributed by atoms with E-state index in [1.165, 1.54) is 6.92 Å². The van der Waals surface area contributed by atoms with Gasteiger partial charge < -0.3 is 14.8 Å². The van der Waals surface area contributed by atoms with Crippen LogP contribution in [-0.4, -0.2) is 24.6 Å². The van der Waals surface area contributed by atoms with E-state index in [9.17, 15) is 22.8 Å². The first-order valence-corrected chi connectivity index (χ1v) is 8.12. The van der Waals surface area contributed by atoms with Crippen LogP contribution < -0.4 is 10.1 Å². The summed E-state index contributed by atoms with van der Waals surface area (Å²) in [7, 11) is 0. The topological polar surface area (TPSA) is 64.6 Å². The van der Waals surface area contributed by atoms with Crippen molar-refractivity contribution in [2.75, 3.05) is 11.9 Å². The van der Waals surface area contributed by atoms with Crippen molar-refractivity contribution in [3.05, 3.63) is 59.4 Å². The molecule has 1 amide bonds. The van der Waals surface area contributed by atoms with E-state index in [4.69, 9.17) is 9.47 Å². The quantitative estimate of drug-likeness (QED) is 0.586. The fourth-order valence-electron chi connectivity index (χ4n) is 2.13. The normalized spacial score (nSPS) is 11.6. The van der Waals surface area contributed by atoms with Gasteiger partial charge in [-0.2, -0.15) is 0 Å². The molecule has 27 heavy (non-hydrogen) atoms. The molecular weight excluding hydrogens is 363 g/mol. The Bertz CT molecular complexity index is 842. The van der Waals surface area contributed by atoms with Crippen LogP contribution in [0.2, 0.25) is 0 Å². The van der Waals surface area contributed by atoms with Crippen LogP contribution in [0.15, 0.2) is 36.4 Å². The number of benzene rings is 2. The van der Waals surface area contributed by atoms with E-state index in [2.05, 4.69) is 0 Å². The molecule has 2 aromatic rings. The molecule has 0 radical (unpaired) electrons. The standard InChI is InChI=1S/C19H18F3NO4/c1-11-5-3-4-6-15(11)26-10-9-16(24)27-12(2)19(25)23-14-8-7-13(20)17(21)18(14)22/h3-8,12H,9-10H2,1-2H3,(H,23,25). The van der Waals surface area contributed by atoms with Gasteiger partial charge in [-0.25, -0.2) is 13.2 Å². The van der Waals surface area contributed by atoms with E-state index in [1.54, 1.807) is 12.1 Å². The molecule has 0 aliphatic carbocycles. The number of amides is 1. The largest absolute Gasteiger partial charge is 0.493 e. The van der Waals surface area contributed by atoms with E-state index in [0.717, 1.165) is 11.6 Å². The van der Waals surface area contributed by atoms with Gasteiger partial charge in [-0.15, -0.1) is 0 Å². The highest BCUT2D eigenvalue weighted by Gasteiger charge is 2.21.